The molecule has 1 saturated heterocycles. The molecule has 2 aliphatic heterocycles. The normalized spacial score (nSPS) is 20.1. The molecule has 0 aliphatic carbocycles. The van der Waals surface area contributed by atoms with Gasteiger partial charge in [0.05, 0.1) is 13.2 Å². The van der Waals surface area contributed by atoms with Gasteiger partial charge in [-0.2, -0.15) is 0 Å². The zero-order valence-electron chi connectivity index (χ0n) is 16.0. The van der Waals surface area contributed by atoms with Crippen LogP contribution in [0.25, 0.3) is 5.70 Å². The van der Waals surface area contributed by atoms with Crippen LogP contribution in [0.1, 0.15) is 35.3 Å². The lowest BCUT2D eigenvalue weighted by atomic mass is 9.85. The topological polar surface area (TPSA) is 41.6 Å². The van der Waals surface area contributed by atoms with Gasteiger partial charge in [-0.1, -0.05) is 36.4 Å². The Morgan fingerprint density at radius 3 is 2.59 bits per heavy atom. The number of benzene rings is 2. The molecule has 2 aliphatic rings. The van der Waals surface area contributed by atoms with E-state index in [-0.39, 0.29) is 11.3 Å². The molecule has 140 valence electrons. The van der Waals surface area contributed by atoms with Gasteiger partial charge in [-0.3, -0.25) is 4.79 Å². The third-order valence-corrected chi connectivity index (χ3v) is 5.20. The Morgan fingerprint density at radius 1 is 1.11 bits per heavy atom. The zero-order chi connectivity index (χ0) is 18.9. The quantitative estimate of drug-likeness (QED) is 0.668. The van der Waals surface area contributed by atoms with Gasteiger partial charge in [-0.25, -0.2) is 0 Å². The van der Waals surface area contributed by atoms with E-state index in [1.165, 1.54) is 11.3 Å². The number of rotatable bonds is 3. The van der Waals surface area contributed by atoms with Gasteiger partial charge in [0.15, 0.2) is 5.78 Å². The van der Waals surface area contributed by atoms with Crippen LogP contribution in [0.4, 0.5) is 5.69 Å². The molecule has 27 heavy (non-hydrogen) atoms. The second-order valence-electron chi connectivity index (χ2n) is 7.91. The third kappa shape index (κ3) is 3.91. The number of anilines is 1. The Hall–Kier alpha value is -2.59. The summed E-state index contributed by atoms with van der Waals surface area (Å²) in [6.45, 7) is 7.67. The average Bonchev–Trinajstić information content (AvgIpc) is 2.68. The lowest BCUT2D eigenvalue weighted by Crippen LogP contribution is -2.44. The molecule has 0 amide bonds. The summed E-state index contributed by atoms with van der Waals surface area (Å²) in [5.74, 6) is 0.0264. The molecule has 0 spiro atoms. The van der Waals surface area contributed by atoms with Gasteiger partial charge < -0.3 is 15.0 Å². The first-order valence-corrected chi connectivity index (χ1v) is 9.57. The van der Waals surface area contributed by atoms with Gasteiger partial charge in [0.25, 0.3) is 0 Å². The second kappa shape index (κ2) is 7.20. The lowest BCUT2D eigenvalue weighted by molar-refractivity contribution is 0.104. The minimum atomic E-state index is -0.0870. The fraction of sp³-hybridized carbons (Fsp3) is 0.348. The molecule has 4 heteroatoms. The predicted molar refractivity (Wildman–Crippen MR) is 109 cm³/mol. The van der Waals surface area contributed by atoms with E-state index in [1.54, 1.807) is 6.08 Å². The SMILES string of the molecule is CC1(C)Cc2ccc(N3CCOCC3)cc2C(=CC(=O)c2ccccc2)N1. The maximum atomic E-state index is 12.8. The van der Waals surface area contributed by atoms with Gasteiger partial charge in [-0.15, -0.1) is 0 Å². The van der Waals surface area contributed by atoms with E-state index in [4.69, 9.17) is 4.74 Å². The Balaban J connectivity index is 1.72. The molecule has 0 aromatic heterocycles. The van der Waals surface area contributed by atoms with Crippen LogP contribution in [0.3, 0.4) is 0 Å². The fourth-order valence-corrected chi connectivity index (χ4v) is 3.87. The van der Waals surface area contributed by atoms with Crippen LogP contribution in [0.5, 0.6) is 0 Å². The molecule has 1 fully saturated rings. The van der Waals surface area contributed by atoms with Crippen molar-refractivity contribution < 1.29 is 9.53 Å². The maximum absolute atomic E-state index is 12.8. The summed E-state index contributed by atoms with van der Waals surface area (Å²) in [5, 5.41) is 3.58. The minimum absolute atomic E-state index is 0.0264. The van der Waals surface area contributed by atoms with E-state index < -0.39 is 0 Å². The summed E-state index contributed by atoms with van der Waals surface area (Å²) >= 11 is 0. The van der Waals surface area contributed by atoms with Crippen LogP contribution in [0.2, 0.25) is 0 Å². The monoisotopic (exact) mass is 362 g/mol. The molecule has 4 rings (SSSR count). The van der Waals surface area contributed by atoms with Crippen LogP contribution in [0.15, 0.2) is 54.6 Å². The Bertz CT molecular complexity index is 865. The number of hydrogen-bond donors (Lipinski definition) is 1. The molecule has 0 saturated carbocycles. The number of morpholine rings is 1. The average molecular weight is 362 g/mol. The first kappa shape index (κ1) is 17.8. The Labute approximate surface area is 160 Å². The minimum Gasteiger partial charge on any atom is -0.379 e. The fourth-order valence-electron chi connectivity index (χ4n) is 3.87. The van der Waals surface area contributed by atoms with Gasteiger partial charge in [-0.05, 0) is 38.0 Å². The maximum Gasteiger partial charge on any atom is 0.187 e. The number of nitrogens with zero attached hydrogens (tertiary/aromatic N) is 1. The third-order valence-electron chi connectivity index (χ3n) is 5.20. The van der Waals surface area contributed by atoms with E-state index in [2.05, 4.69) is 42.3 Å². The number of hydrogen-bond acceptors (Lipinski definition) is 4. The van der Waals surface area contributed by atoms with Crippen molar-refractivity contribution >= 4 is 17.2 Å². The number of fused-ring (bicyclic) bond motifs is 1. The van der Waals surface area contributed by atoms with E-state index in [0.717, 1.165) is 44.0 Å². The lowest BCUT2D eigenvalue weighted by Gasteiger charge is -2.37. The van der Waals surface area contributed by atoms with Gasteiger partial charge >= 0.3 is 0 Å². The van der Waals surface area contributed by atoms with Crippen molar-refractivity contribution in [1.82, 2.24) is 5.32 Å². The number of carbonyl (C=O) groups excluding carboxylic acids is 1. The highest BCUT2D eigenvalue weighted by Gasteiger charge is 2.28. The molecule has 2 aromatic rings. The van der Waals surface area contributed by atoms with E-state index in [0.29, 0.717) is 5.56 Å². The molecule has 1 N–H and O–H groups in total. The van der Waals surface area contributed by atoms with Crippen molar-refractivity contribution in [3.8, 4) is 0 Å². The zero-order valence-corrected chi connectivity index (χ0v) is 16.0. The number of ether oxygens (including phenoxy) is 1. The predicted octanol–water partition coefficient (Wildman–Crippen LogP) is 3.67. The Morgan fingerprint density at radius 2 is 1.85 bits per heavy atom. The smallest absolute Gasteiger partial charge is 0.187 e. The van der Waals surface area contributed by atoms with Gasteiger partial charge in [0.2, 0.25) is 0 Å². The molecule has 2 aromatic carbocycles. The van der Waals surface area contributed by atoms with Gasteiger partial charge in [0, 0.05) is 47.2 Å². The highest BCUT2D eigenvalue weighted by molar-refractivity contribution is 6.08. The van der Waals surface area contributed by atoms with E-state index >= 15 is 0 Å². The highest BCUT2D eigenvalue weighted by Crippen LogP contribution is 2.33. The first-order valence-electron chi connectivity index (χ1n) is 9.57. The standard InChI is InChI=1S/C23H26N2O2/c1-23(2)16-18-8-9-19(25-10-12-27-13-11-25)14-20(18)21(24-23)15-22(26)17-6-4-3-5-7-17/h3-9,14-15,24H,10-13,16H2,1-2H3. The van der Waals surface area contributed by atoms with Crippen LogP contribution >= 0.6 is 0 Å². The summed E-state index contributed by atoms with van der Waals surface area (Å²) in [6.07, 6.45) is 2.68. The molecule has 0 atom stereocenters. The largest absolute Gasteiger partial charge is 0.379 e. The summed E-state index contributed by atoms with van der Waals surface area (Å²) < 4.78 is 5.47. The number of ketones is 1. The number of carbonyl (C=O) groups is 1. The molecule has 0 unspecified atom stereocenters. The van der Waals surface area contributed by atoms with Crippen molar-refractivity contribution in [2.24, 2.45) is 0 Å². The first-order chi connectivity index (χ1) is 13.0. The number of nitrogens with one attached hydrogen (secondary N) is 1. The van der Waals surface area contributed by atoms with Crippen LogP contribution in [0, 0.1) is 0 Å². The summed E-state index contributed by atoms with van der Waals surface area (Å²) in [4.78, 5) is 15.1. The molecule has 4 nitrogen and oxygen atoms in total. The van der Waals surface area contributed by atoms with E-state index in [1.807, 2.05) is 30.3 Å². The van der Waals surface area contributed by atoms with Gasteiger partial charge in [0.1, 0.15) is 0 Å². The molecular formula is C23H26N2O2. The molecular weight excluding hydrogens is 336 g/mol. The summed E-state index contributed by atoms with van der Waals surface area (Å²) in [7, 11) is 0. The molecule has 0 radical (unpaired) electrons. The van der Waals surface area contributed by atoms with Crippen LogP contribution in [-0.4, -0.2) is 37.6 Å². The van der Waals surface area contributed by atoms with Crippen molar-refractivity contribution in [3.05, 3.63) is 71.3 Å². The molecule has 0 bridgehead atoms. The van der Waals surface area contributed by atoms with Crippen LogP contribution < -0.4 is 10.2 Å². The van der Waals surface area contributed by atoms with Crippen molar-refractivity contribution in [2.75, 3.05) is 31.2 Å². The van der Waals surface area contributed by atoms with Crippen molar-refractivity contribution in [3.63, 3.8) is 0 Å². The molecule has 2 heterocycles. The second-order valence-corrected chi connectivity index (χ2v) is 7.91. The van der Waals surface area contributed by atoms with Crippen LogP contribution in [-0.2, 0) is 11.2 Å². The summed E-state index contributed by atoms with van der Waals surface area (Å²) in [5.41, 5.74) is 5.13. The van der Waals surface area contributed by atoms with Crippen molar-refractivity contribution in [1.29, 1.82) is 0 Å². The Kier molecular flexibility index (Phi) is 4.75. The summed E-state index contributed by atoms with van der Waals surface area (Å²) in [6, 6.07) is 16.1. The van der Waals surface area contributed by atoms with E-state index in [9.17, 15) is 4.79 Å². The van der Waals surface area contributed by atoms with Crippen molar-refractivity contribution in [2.45, 2.75) is 25.8 Å². The number of allylic oxidation sites excluding steroid dienone is 1. The highest BCUT2D eigenvalue weighted by atomic mass is 16.5.